The van der Waals surface area contributed by atoms with Crippen molar-refractivity contribution in [2.45, 2.75) is 302 Å². The molecule has 10 heteroatoms. The number of hydrogen-bond acceptors (Lipinski definition) is 7. The Bertz CT molecular complexity index is 1710. The molecule has 0 saturated heterocycles. The first kappa shape index (κ1) is 78.9. The summed E-state index contributed by atoms with van der Waals surface area (Å²) in [5, 5.41) is 0. The van der Waals surface area contributed by atoms with Crippen LogP contribution in [0, 0.1) is 0 Å². The third-order valence-corrected chi connectivity index (χ3v) is 15.6. The minimum atomic E-state index is -4.39. The number of allylic oxidation sites excluding steroid dienone is 16. The maximum atomic E-state index is 12.9. The van der Waals surface area contributed by atoms with Crippen LogP contribution in [0.2, 0.25) is 0 Å². The van der Waals surface area contributed by atoms with Crippen LogP contribution in [0.1, 0.15) is 296 Å². The van der Waals surface area contributed by atoms with Crippen LogP contribution >= 0.6 is 7.82 Å². The molecule has 0 amide bonds. The van der Waals surface area contributed by atoms with Crippen LogP contribution in [0.4, 0.5) is 0 Å². The topological polar surface area (TPSA) is 108 Å². The van der Waals surface area contributed by atoms with Gasteiger partial charge in [-0.15, -0.1) is 0 Å². The zero-order valence-corrected chi connectivity index (χ0v) is 54.8. The van der Waals surface area contributed by atoms with Crippen LogP contribution in [-0.2, 0) is 32.7 Å². The summed E-state index contributed by atoms with van der Waals surface area (Å²) < 4.78 is 34.7. The molecule has 2 atom stereocenters. The van der Waals surface area contributed by atoms with Crippen molar-refractivity contribution in [3.05, 3.63) is 97.2 Å². The van der Waals surface area contributed by atoms with Crippen molar-refractivity contribution < 1.29 is 42.1 Å². The van der Waals surface area contributed by atoms with E-state index in [-0.39, 0.29) is 32.0 Å². The maximum Gasteiger partial charge on any atom is 0.472 e. The highest BCUT2D eigenvalue weighted by atomic mass is 31.2. The summed E-state index contributed by atoms with van der Waals surface area (Å²) in [5.41, 5.74) is 0. The van der Waals surface area contributed by atoms with Crippen LogP contribution in [0.5, 0.6) is 0 Å². The van der Waals surface area contributed by atoms with Gasteiger partial charge in [-0.25, -0.2) is 4.57 Å². The Hall–Kier alpha value is -3.07. The maximum absolute atomic E-state index is 12.9. The predicted octanol–water partition coefficient (Wildman–Crippen LogP) is 21.9. The second-order valence-corrected chi connectivity index (χ2v) is 25.3. The number of carbonyl (C=O) groups excluding carboxylic acids is 2. The van der Waals surface area contributed by atoms with Crippen molar-refractivity contribution in [3.63, 3.8) is 0 Å². The van der Waals surface area contributed by atoms with Gasteiger partial charge in [0.05, 0.1) is 27.7 Å². The minimum absolute atomic E-state index is 0.0290. The van der Waals surface area contributed by atoms with E-state index in [2.05, 4.69) is 111 Å². The number of ether oxygens (including phenoxy) is 2. The van der Waals surface area contributed by atoms with Gasteiger partial charge in [-0.1, -0.05) is 284 Å². The van der Waals surface area contributed by atoms with Gasteiger partial charge in [0, 0.05) is 12.8 Å². The van der Waals surface area contributed by atoms with Crippen molar-refractivity contribution in [1.29, 1.82) is 0 Å². The molecule has 0 saturated carbocycles. The minimum Gasteiger partial charge on any atom is -0.462 e. The van der Waals surface area contributed by atoms with Gasteiger partial charge in [0.1, 0.15) is 19.8 Å². The Kier molecular flexibility index (Phi) is 60.1. The van der Waals surface area contributed by atoms with Gasteiger partial charge >= 0.3 is 19.8 Å². The van der Waals surface area contributed by atoms with Gasteiger partial charge in [-0.05, 0) is 96.3 Å². The Morgan fingerprint density at radius 2 is 0.695 bits per heavy atom. The Balaban J connectivity index is 4.07. The summed E-state index contributed by atoms with van der Waals surface area (Å²) in [7, 11) is 1.48. The first-order valence-corrected chi connectivity index (χ1v) is 35.5. The van der Waals surface area contributed by atoms with E-state index in [0.717, 1.165) is 83.5 Å². The zero-order chi connectivity index (χ0) is 59.8. The normalized spacial score (nSPS) is 13.8. The highest BCUT2D eigenvalue weighted by Gasteiger charge is 2.27. The molecule has 82 heavy (non-hydrogen) atoms. The molecule has 0 aromatic rings. The molecule has 0 heterocycles. The third kappa shape index (κ3) is 66.1. The molecule has 0 rings (SSSR count). The van der Waals surface area contributed by atoms with Crippen molar-refractivity contribution in [2.24, 2.45) is 0 Å². The second kappa shape index (κ2) is 62.5. The first-order valence-electron chi connectivity index (χ1n) is 34.0. The average molecular weight is 1170 g/mol. The van der Waals surface area contributed by atoms with E-state index in [0.29, 0.717) is 17.4 Å². The summed E-state index contributed by atoms with van der Waals surface area (Å²) in [5.74, 6) is -0.793. The predicted molar refractivity (Wildman–Crippen MR) is 353 cm³/mol. The van der Waals surface area contributed by atoms with E-state index in [1.165, 1.54) is 180 Å². The molecule has 2 unspecified atom stereocenters. The summed E-state index contributed by atoms with van der Waals surface area (Å²) in [6, 6.07) is 0. The molecular formula is C72H129NO8P+. The van der Waals surface area contributed by atoms with Gasteiger partial charge in [-0.2, -0.15) is 0 Å². The van der Waals surface area contributed by atoms with E-state index < -0.39 is 26.5 Å². The van der Waals surface area contributed by atoms with Crippen LogP contribution in [0.3, 0.4) is 0 Å². The van der Waals surface area contributed by atoms with Crippen molar-refractivity contribution in [2.75, 3.05) is 47.5 Å². The number of carbonyl (C=O) groups is 2. The van der Waals surface area contributed by atoms with Gasteiger partial charge in [0.2, 0.25) is 0 Å². The molecule has 0 radical (unpaired) electrons. The van der Waals surface area contributed by atoms with Crippen molar-refractivity contribution in [1.82, 2.24) is 0 Å². The fourth-order valence-corrected chi connectivity index (χ4v) is 10.1. The van der Waals surface area contributed by atoms with Gasteiger partial charge in [-0.3, -0.25) is 18.6 Å². The number of phosphoric ester groups is 1. The fourth-order valence-electron chi connectivity index (χ4n) is 9.40. The number of unbranched alkanes of at least 4 members (excludes halogenated alkanes) is 32. The molecule has 474 valence electrons. The summed E-state index contributed by atoms with van der Waals surface area (Å²) >= 11 is 0. The molecular weight excluding hydrogens is 1040 g/mol. The van der Waals surface area contributed by atoms with Crippen LogP contribution in [0.25, 0.3) is 0 Å². The highest BCUT2D eigenvalue weighted by Crippen LogP contribution is 2.43. The number of likely N-dealkylation sites (N-methyl/N-ethyl adjacent to an activating group) is 1. The largest absolute Gasteiger partial charge is 0.472 e. The standard InChI is InChI=1S/C72H128NO8P/c1-6-8-10-12-14-16-18-20-22-24-26-28-30-31-32-33-34-35-36-37-38-39-40-41-43-45-47-49-51-53-55-57-59-61-63-65-72(75)81-70(69-80-82(76,77)79-67-66-73(3,4)5)68-78-71(74)64-62-60-58-56-54-52-50-48-46-44-42-29-27-25-23-21-19-17-15-13-11-9-7-2/h8,10,14,16,20,22,25-28,31-32,34-35,37-38,70H,6-7,9,11-13,15,17-19,21,23-24,29-30,33,36,39-69H2,1-5H3/p+1/b10-8-,16-14-,22-20-,27-25-,28-26-,32-31-,35-34-,38-37-. The number of esters is 2. The summed E-state index contributed by atoms with van der Waals surface area (Å²) in [6.45, 7) is 4.35. The Morgan fingerprint density at radius 1 is 0.390 bits per heavy atom. The second-order valence-electron chi connectivity index (χ2n) is 23.8. The zero-order valence-electron chi connectivity index (χ0n) is 54.0. The van der Waals surface area contributed by atoms with E-state index in [1.807, 2.05) is 21.1 Å². The number of quaternary nitrogens is 1. The lowest BCUT2D eigenvalue weighted by Crippen LogP contribution is -2.37. The molecule has 0 bridgehead atoms. The van der Waals surface area contributed by atoms with Crippen LogP contribution in [-0.4, -0.2) is 74.9 Å². The van der Waals surface area contributed by atoms with Crippen molar-refractivity contribution >= 4 is 19.8 Å². The van der Waals surface area contributed by atoms with Crippen molar-refractivity contribution in [3.8, 4) is 0 Å². The van der Waals surface area contributed by atoms with Gasteiger partial charge in [0.25, 0.3) is 0 Å². The molecule has 1 N–H and O–H groups in total. The molecule has 0 aliphatic carbocycles. The number of rotatable bonds is 62. The van der Waals surface area contributed by atoms with Gasteiger partial charge < -0.3 is 18.9 Å². The quantitative estimate of drug-likeness (QED) is 0.0211. The van der Waals surface area contributed by atoms with E-state index in [1.54, 1.807) is 0 Å². The van der Waals surface area contributed by atoms with E-state index in [4.69, 9.17) is 18.5 Å². The molecule has 0 aromatic carbocycles. The third-order valence-electron chi connectivity index (χ3n) is 14.6. The lowest BCUT2D eigenvalue weighted by atomic mass is 10.0. The molecule has 0 aromatic heterocycles. The van der Waals surface area contributed by atoms with Crippen LogP contribution in [0.15, 0.2) is 97.2 Å². The van der Waals surface area contributed by atoms with Gasteiger partial charge in [0.15, 0.2) is 6.10 Å². The summed E-state index contributed by atoms with van der Waals surface area (Å²) in [6.07, 6.45) is 86.4. The SMILES string of the molecule is CC/C=C\C/C=C\C/C=C\C/C=C\C/C=C\C/C=C\C/C=C\CCCCCCCCCCCCCCCC(=O)OC(COC(=O)CCCCCCCCCCCCC/C=C\CCCCCCCCCC)COP(=O)(O)OCC[N+](C)(C)C. The first-order chi connectivity index (χ1) is 40.0. The molecule has 0 spiro atoms. The number of nitrogens with zero attached hydrogens (tertiary/aromatic N) is 1. The molecule has 0 aliphatic rings. The number of hydrogen-bond donors (Lipinski definition) is 1. The molecule has 0 aliphatic heterocycles. The fraction of sp³-hybridized carbons (Fsp3) is 0.750. The van der Waals surface area contributed by atoms with E-state index in [9.17, 15) is 19.0 Å². The monoisotopic (exact) mass is 1170 g/mol. The number of phosphoric acid groups is 1. The average Bonchev–Trinajstić information content (AvgIpc) is 3.45. The van der Waals surface area contributed by atoms with E-state index >= 15 is 0 Å². The lowest BCUT2D eigenvalue weighted by Gasteiger charge is -2.24. The Morgan fingerprint density at radius 3 is 1.05 bits per heavy atom. The smallest absolute Gasteiger partial charge is 0.462 e. The Labute approximate surface area is 506 Å². The highest BCUT2D eigenvalue weighted by molar-refractivity contribution is 7.47. The lowest BCUT2D eigenvalue weighted by molar-refractivity contribution is -0.870. The molecule has 9 nitrogen and oxygen atoms in total. The van der Waals surface area contributed by atoms with Crippen LogP contribution < -0.4 is 0 Å². The molecule has 0 fully saturated rings. The summed E-state index contributed by atoms with van der Waals surface area (Å²) in [4.78, 5) is 35.8.